The highest BCUT2D eigenvalue weighted by Crippen LogP contribution is 2.60. The Morgan fingerprint density at radius 2 is 1.70 bits per heavy atom. The van der Waals surface area contributed by atoms with E-state index in [-0.39, 0.29) is 11.7 Å². The van der Waals surface area contributed by atoms with Gasteiger partial charge in [0.25, 0.3) is 0 Å². The number of carbonyl (C=O) groups is 1. The minimum Gasteiger partial charge on any atom is -0.480 e. The minimum absolute atomic E-state index is 0.220. The summed E-state index contributed by atoms with van der Waals surface area (Å²) in [5.74, 6) is 3.90. The number of carboxylic acids is 1. The molecule has 5 heteroatoms. The summed E-state index contributed by atoms with van der Waals surface area (Å²) in [6.07, 6.45) is 6.31. The maximum Gasteiger partial charge on any atom is 0.335 e. The molecular formula is C25H25NO4. The second-order valence-electron chi connectivity index (χ2n) is 9.40. The number of ether oxygens (including phenoxy) is 1. The highest BCUT2D eigenvalue weighted by atomic mass is 16.5. The zero-order chi connectivity index (χ0) is 20.2. The van der Waals surface area contributed by atoms with E-state index in [1.807, 2.05) is 30.3 Å². The molecule has 0 aliphatic heterocycles. The van der Waals surface area contributed by atoms with E-state index in [4.69, 9.17) is 14.1 Å². The molecule has 1 heterocycles. The van der Waals surface area contributed by atoms with E-state index in [9.17, 15) is 9.90 Å². The number of aromatic carboxylic acids is 1. The number of hydrogen-bond donors (Lipinski definition) is 1. The average molecular weight is 403 g/mol. The quantitative estimate of drug-likeness (QED) is 0.590. The van der Waals surface area contributed by atoms with E-state index in [0.717, 1.165) is 17.6 Å². The van der Waals surface area contributed by atoms with Crippen molar-refractivity contribution in [3.63, 3.8) is 0 Å². The fourth-order valence-corrected chi connectivity index (χ4v) is 6.60. The molecule has 4 aliphatic rings. The fourth-order valence-electron chi connectivity index (χ4n) is 6.60. The van der Waals surface area contributed by atoms with Gasteiger partial charge in [-0.15, -0.1) is 0 Å². The predicted octanol–water partition coefficient (Wildman–Crippen LogP) is 5.72. The molecule has 0 radical (unpaired) electrons. The summed E-state index contributed by atoms with van der Waals surface area (Å²) in [4.78, 5) is 16.1. The Kier molecular flexibility index (Phi) is 4.12. The van der Waals surface area contributed by atoms with Gasteiger partial charge in [0.2, 0.25) is 5.89 Å². The van der Waals surface area contributed by atoms with Crippen molar-refractivity contribution in [2.75, 3.05) is 0 Å². The summed E-state index contributed by atoms with van der Waals surface area (Å²) < 4.78 is 12.7. The van der Waals surface area contributed by atoms with Crippen LogP contribution in [0.5, 0.6) is 5.75 Å². The minimum atomic E-state index is -0.959. The summed E-state index contributed by atoms with van der Waals surface area (Å²) >= 11 is 0. The maximum absolute atomic E-state index is 11.4. The second-order valence-corrected chi connectivity index (χ2v) is 9.40. The number of para-hydroxylation sites is 1. The summed E-state index contributed by atoms with van der Waals surface area (Å²) in [6.45, 7) is 0. The molecule has 4 aliphatic carbocycles. The monoisotopic (exact) mass is 403 g/mol. The molecule has 4 fully saturated rings. The van der Waals surface area contributed by atoms with E-state index in [1.54, 1.807) is 18.2 Å². The Labute approximate surface area is 175 Å². The Morgan fingerprint density at radius 1 is 1.00 bits per heavy atom. The zero-order valence-corrected chi connectivity index (χ0v) is 16.7. The topological polar surface area (TPSA) is 72.6 Å². The van der Waals surface area contributed by atoms with Crippen LogP contribution in [0.25, 0.3) is 11.1 Å². The van der Waals surface area contributed by atoms with Crippen LogP contribution in [0.2, 0.25) is 0 Å². The van der Waals surface area contributed by atoms with Gasteiger partial charge in [-0.3, -0.25) is 0 Å². The summed E-state index contributed by atoms with van der Waals surface area (Å²) in [5.41, 5.74) is 1.41. The molecule has 1 atom stereocenters. The first kappa shape index (κ1) is 18.0. The first-order valence-electron chi connectivity index (χ1n) is 11.0. The molecule has 0 amide bonds. The van der Waals surface area contributed by atoms with Crippen LogP contribution in [0.15, 0.2) is 52.9 Å². The Morgan fingerprint density at radius 3 is 2.37 bits per heavy atom. The van der Waals surface area contributed by atoms with Crippen LogP contribution in [0.3, 0.4) is 0 Å². The summed E-state index contributed by atoms with van der Waals surface area (Å²) in [5, 5.41) is 9.31. The van der Waals surface area contributed by atoms with Gasteiger partial charge in [-0.2, -0.15) is 0 Å². The lowest BCUT2D eigenvalue weighted by Crippen LogP contribution is -2.48. The zero-order valence-electron chi connectivity index (χ0n) is 16.7. The summed E-state index contributed by atoms with van der Waals surface area (Å²) in [6, 6.07) is 14.8. The maximum atomic E-state index is 11.4. The molecule has 30 heavy (non-hydrogen) atoms. The second kappa shape index (κ2) is 6.86. The van der Waals surface area contributed by atoms with E-state index in [1.165, 1.54) is 32.1 Å². The number of carboxylic acid groups (broad SMARTS) is 1. The molecule has 0 spiro atoms. The van der Waals surface area contributed by atoms with E-state index in [2.05, 4.69) is 0 Å². The van der Waals surface area contributed by atoms with Crippen molar-refractivity contribution in [2.45, 2.75) is 38.2 Å². The molecule has 1 N–H and O–H groups in total. The van der Waals surface area contributed by atoms with Gasteiger partial charge in [-0.25, -0.2) is 9.78 Å². The number of oxazole rings is 1. The number of nitrogens with zero attached hydrogens (tertiary/aromatic N) is 1. The molecule has 3 aromatic rings. The summed E-state index contributed by atoms with van der Waals surface area (Å²) in [7, 11) is 0. The van der Waals surface area contributed by atoms with Crippen molar-refractivity contribution >= 4 is 17.1 Å². The third kappa shape index (κ3) is 2.99. The van der Waals surface area contributed by atoms with Crippen LogP contribution in [0.4, 0.5) is 0 Å². The normalized spacial score (nSPS) is 30.5. The molecule has 154 valence electrons. The third-order valence-corrected chi connectivity index (χ3v) is 7.55. The number of benzene rings is 2. The SMILES string of the molecule is O=C(O)c1ccc2oc(C(Oc3ccccc3)C3C4CC5CC(C4)CC3C5)nc2c1. The largest absolute Gasteiger partial charge is 0.480 e. The molecule has 1 unspecified atom stereocenters. The molecule has 4 bridgehead atoms. The van der Waals surface area contributed by atoms with Crippen molar-refractivity contribution in [1.82, 2.24) is 4.98 Å². The van der Waals surface area contributed by atoms with Crippen LogP contribution in [-0.4, -0.2) is 16.1 Å². The van der Waals surface area contributed by atoms with Crippen LogP contribution >= 0.6 is 0 Å². The van der Waals surface area contributed by atoms with Crippen LogP contribution in [0, 0.1) is 29.6 Å². The van der Waals surface area contributed by atoms with Gasteiger partial charge in [-0.1, -0.05) is 18.2 Å². The van der Waals surface area contributed by atoms with Crippen molar-refractivity contribution < 1.29 is 19.1 Å². The van der Waals surface area contributed by atoms with Gasteiger partial charge < -0.3 is 14.3 Å². The third-order valence-electron chi connectivity index (χ3n) is 7.55. The highest BCUT2D eigenvalue weighted by molar-refractivity contribution is 5.91. The number of rotatable bonds is 5. The van der Waals surface area contributed by atoms with Gasteiger partial charge in [-0.05, 0) is 86.1 Å². The Bertz CT molecular complexity index is 1060. The molecule has 7 rings (SSSR count). The lowest BCUT2D eigenvalue weighted by atomic mass is 9.51. The fraction of sp³-hybridized carbons (Fsp3) is 0.440. The van der Waals surface area contributed by atoms with Gasteiger partial charge in [0.15, 0.2) is 11.7 Å². The van der Waals surface area contributed by atoms with Crippen LogP contribution in [0.1, 0.15) is 54.5 Å². The molecular weight excluding hydrogens is 378 g/mol. The standard InChI is InChI=1S/C25H25NO4/c27-25(28)16-6-7-21-20(13-16)26-24(30-21)23(29-19-4-2-1-3-5-19)22-17-9-14-8-15(11-17)12-18(22)10-14/h1-7,13-15,17-18,22-23H,8-12H2,(H,27,28). The average Bonchev–Trinajstić information content (AvgIpc) is 3.16. The van der Waals surface area contributed by atoms with Crippen molar-refractivity contribution in [1.29, 1.82) is 0 Å². The molecule has 4 saturated carbocycles. The van der Waals surface area contributed by atoms with Crippen LogP contribution < -0.4 is 4.74 Å². The Balaban J connectivity index is 1.41. The highest BCUT2D eigenvalue weighted by Gasteiger charge is 2.52. The lowest BCUT2D eigenvalue weighted by molar-refractivity contribution is -0.0891. The van der Waals surface area contributed by atoms with Crippen LogP contribution in [-0.2, 0) is 0 Å². The van der Waals surface area contributed by atoms with Crippen molar-refractivity contribution in [3.8, 4) is 5.75 Å². The van der Waals surface area contributed by atoms with E-state index < -0.39 is 5.97 Å². The first-order valence-corrected chi connectivity index (χ1v) is 11.0. The van der Waals surface area contributed by atoms with Crippen molar-refractivity contribution in [2.24, 2.45) is 29.6 Å². The number of aromatic nitrogens is 1. The van der Waals surface area contributed by atoms with E-state index in [0.29, 0.717) is 34.7 Å². The molecule has 2 aromatic carbocycles. The number of hydrogen-bond acceptors (Lipinski definition) is 4. The predicted molar refractivity (Wildman–Crippen MR) is 111 cm³/mol. The first-order chi connectivity index (χ1) is 14.6. The van der Waals surface area contributed by atoms with Gasteiger partial charge >= 0.3 is 5.97 Å². The van der Waals surface area contributed by atoms with Gasteiger partial charge in [0, 0.05) is 5.92 Å². The van der Waals surface area contributed by atoms with Crippen molar-refractivity contribution in [3.05, 3.63) is 60.0 Å². The number of fused-ring (bicyclic) bond motifs is 1. The molecule has 1 aromatic heterocycles. The molecule has 5 nitrogen and oxygen atoms in total. The lowest BCUT2D eigenvalue weighted by Gasteiger charge is -2.55. The smallest absolute Gasteiger partial charge is 0.335 e. The van der Waals surface area contributed by atoms with Gasteiger partial charge in [0.05, 0.1) is 5.56 Å². The van der Waals surface area contributed by atoms with E-state index >= 15 is 0 Å². The van der Waals surface area contributed by atoms with Gasteiger partial charge in [0.1, 0.15) is 11.3 Å². The molecule has 0 saturated heterocycles. The Hall–Kier alpha value is -2.82.